The Morgan fingerprint density at radius 3 is 2.86 bits per heavy atom. The number of thiocarbonyl (C=S) groups is 1. The van der Waals surface area contributed by atoms with Crippen LogP contribution in [0.4, 0.5) is 5.69 Å². The van der Waals surface area contributed by atoms with Crippen molar-refractivity contribution in [2.24, 2.45) is 4.99 Å². The van der Waals surface area contributed by atoms with Gasteiger partial charge < -0.3 is 0 Å². The molecule has 0 radical (unpaired) electrons. The summed E-state index contributed by atoms with van der Waals surface area (Å²) in [5.74, 6) is 4.90. The van der Waals surface area contributed by atoms with Crippen molar-refractivity contribution in [3.05, 3.63) is 28.8 Å². The molecule has 1 rings (SSSR count). The van der Waals surface area contributed by atoms with Gasteiger partial charge in [-0.25, -0.2) is 0 Å². The molecule has 0 N–H and O–H groups in total. The van der Waals surface area contributed by atoms with Crippen LogP contribution in [0, 0.1) is 11.8 Å². The Bertz CT molecular complexity index is 467. The molecule has 1 aromatic rings. The quantitative estimate of drug-likeness (QED) is 0.316. The number of nitrogens with zero attached hydrogens (tertiary/aromatic N) is 1. The number of hydrogen-bond acceptors (Lipinski definition) is 3. The highest BCUT2D eigenvalue weighted by Crippen LogP contribution is 2.24. The zero-order chi connectivity index (χ0) is 10.4. The number of carbonyl (C=O) groups excluding carboxylic acids is 1. The maximum Gasteiger partial charge on any atom is 0.193 e. The van der Waals surface area contributed by atoms with Crippen molar-refractivity contribution in [1.82, 2.24) is 0 Å². The highest BCUT2D eigenvalue weighted by Gasteiger charge is 1.97. The van der Waals surface area contributed by atoms with Crippen molar-refractivity contribution in [3.8, 4) is 11.8 Å². The molecule has 0 aliphatic rings. The summed E-state index contributed by atoms with van der Waals surface area (Å²) in [6.07, 6.45) is 0.525. The third-order valence-corrected chi connectivity index (χ3v) is 1.78. The number of rotatable bonds is 1. The Morgan fingerprint density at radius 1 is 1.50 bits per heavy atom. The van der Waals surface area contributed by atoms with E-state index in [0.717, 1.165) is 0 Å². The number of aldehydes is 1. The van der Waals surface area contributed by atoms with E-state index in [1.165, 1.54) is 0 Å². The van der Waals surface area contributed by atoms with Crippen LogP contribution < -0.4 is 0 Å². The maximum absolute atomic E-state index is 9.98. The van der Waals surface area contributed by atoms with Crippen molar-refractivity contribution in [1.29, 1.82) is 0 Å². The minimum atomic E-state index is 0.431. The highest BCUT2D eigenvalue weighted by atomic mass is 35.5. The van der Waals surface area contributed by atoms with Gasteiger partial charge in [-0.05, 0) is 36.3 Å². The molecule has 0 unspecified atom stereocenters. The van der Waals surface area contributed by atoms with E-state index in [2.05, 4.69) is 34.2 Å². The Hall–Kier alpha value is -1.46. The summed E-state index contributed by atoms with van der Waals surface area (Å²) in [4.78, 5) is 13.7. The second-order valence-corrected chi connectivity index (χ2v) is 2.85. The first-order valence-electron chi connectivity index (χ1n) is 3.60. The molecule has 0 aliphatic carbocycles. The lowest BCUT2D eigenvalue weighted by Crippen LogP contribution is -1.75. The molecule has 4 heteroatoms. The average molecular weight is 222 g/mol. The molecule has 0 aromatic heterocycles. The van der Waals surface area contributed by atoms with Crippen molar-refractivity contribution in [2.75, 3.05) is 0 Å². The summed E-state index contributed by atoms with van der Waals surface area (Å²) >= 11 is 10.3. The van der Waals surface area contributed by atoms with E-state index in [-0.39, 0.29) is 0 Å². The lowest BCUT2D eigenvalue weighted by Gasteiger charge is -1.95. The molecule has 0 amide bonds. The standard InChI is InChI=1S/C10H4ClNOS/c11-9-6-8(2-1-5-13)3-4-10(9)12-7-14/h3-6H. The normalized spacial score (nSPS) is 8.07. The predicted molar refractivity (Wildman–Crippen MR) is 59.1 cm³/mol. The van der Waals surface area contributed by atoms with Crippen LogP contribution in [0.3, 0.4) is 0 Å². The topological polar surface area (TPSA) is 29.4 Å². The van der Waals surface area contributed by atoms with Gasteiger partial charge >= 0.3 is 0 Å². The lowest BCUT2D eigenvalue weighted by molar-refractivity contribution is -0.103. The molecule has 0 heterocycles. The van der Waals surface area contributed by atoms with Crippen molar-refractivity contribution < 1.29 is 4.79 Å². The van der Waals surface area contributed by atoms with E-state index < -0.39 is 0 Å². The number of benzene rings is 1. The maximum atomic E-state index is 9.98. The minimum absolute atomic E-state index is 0.431. The van der Waals surface area contributed by atoms with E-state index >= 15 is 0 Å². The monoisotopic (exact) mass is 221 g/mol. The van der Waals surface area contributed by atoms with Gasteiger partial charge in [0.25, 0.3) is 0 Å². The summed E-state index contributed by atoms with van der Waals surface area (Å²) in [5, 5.41) is 2.65. The summed E-state index contributed by atoms with van der Waals surface area (Å²) in [7, 11) is 0. The molecule has 0 bridgehead atoms. The molecule has 1 aromatic carbocycles. The highest BCUT2D eigenvalue weighted by molar-refractivity contribution is 7.78. The Kier molecular flexibility index (Phi) is 4.03. The first-order chi connectivity index (χ1) is 6.77. The van der Waals surface area contributed by atoms with Crippen LogP contribution in [0.15, 0.2) is 23.2 Å². The predicted octanol–water partition coefficient (Wildman–Crippen LogP) is 2.62. The molecule has 14 heavy (non-hydrogen) atoms. The first-order valence-corrected chi connectivity index (χ1v) is 4.39. The molecule has 68 valence electrons. The largest absolute Gasteiger partial charge is 0.289 e. The Balaban J connectivity index is 3.11. The fraction of sp³-hybridized carbons (Fsp3) is 0. The van der Waals surface area contributed by atoms with Crippen molar-refractivity contribution in [3.63, 3.8) is 0 Å². The number of carbonyl (C=O) groups is 1. The second kappa shape index (κ2) is 5.31. The molecule has 0 saturated heterocycles. The van der Waals surface area contributed by atoms with Crippen LogP contribution in [-0.4, -0.2) is 11.4 Å². The smallest absolute Gasteiger partial charge is 0.193 e. The van der Waals surface area contributed by atoms with Crippen LogP contribution in [0.5, 0.6) is 0 Å². The fourth-order valence-corrected chi connectivity index (χ4v) is 1.16. The number of hydrogen-bond donors (Lipinski definition) is 0. The van der Waals surface area contributed by atoms with Crippen LogP contribution in [0.1, 0.15) is 5.56 Å². The molecule has 0 saturated carbocycles. The van der Waals surface area contributed by atoms with Gasteiger partial charge in [-0.15, -0.1) is 0 Å². The van der Waals surface area contributed by atoms with Gasteiger partial charge in [-0.1, -0.05) is 17.5 Å². The van der Waals surface area contributed by atoms with Crippen molar-refractivity contribution >= 4 is 41.0 Å². The van der Waals surface area contributed by atoms with Gasteiger partial charge in [-0.3, -0.25) is 4.79 Å². The third kappa shape index (κ3) is 2.79. The van der Waals surface area contributed by atoms with E-state index in [4.69, 9.17) is 11.6 Å². The molecular formula is C10H4ClNOS. The SMILES string of the molecule is O=CC#Cc1ccc(N=C=S)c(Cl)c1. The molecular weight excluding hydrogens is 218 g/mol. The summed E-state index contributed by atoms with van der Waals surface area (Å²) in [6, 6.07) is 4.98. The van der Waals surface area contributed by atoms with Gasteiger partial charge in [0.05, 0.1) is 15.9 Å². The lowest BCUT2D eigenvalue weighted by atomic mass is 10.2. The number of isothiocyanates is 1. The molecule has 2 nitrogen and oxygen atoms in total. The van der Waals surface area contributed by atoms with Crippen LogP contribution >= 0.6 is 23.8 Å². The van der Waals surface area contributed by atoms with E-state index in [9.17, 15) is 4.79 Å². The number of aliphatic imine (C=N–C) groups is 1. The van der Waals surface area contributed by atoms with Gasteiger partial charge in [0, 0.05) is 5.56 Å². The third-order valence-electron chi connectivity index (χ3n) is 1.39. The van der Waals surface area contributed by atoms with Gasteiger partial charge in [0.1, 0.15) is 0 Å². The van der Waals surface area contributed by atoms with E-state index in [1.807, 2.05) is 0 Å². The first kappa shape index (κ1) is 10.6. The second-order valence-electron chi connectivity index (χ2n) is 2.26. The Morgan fingerprint density at radius 2 is 2.29 bits per heavy atom. The molecule has 0 aliphatic heterocycles. The van der Waals surface area contributed by atoms with Crippen LogP contribution in [0.2, 0.25) is 5.02 Å². The van der Waals surface area contributed by atoms with E-state index in [0.29, 0.717) is 22.6 Å². The summed E-state index contributed by atoms with van der Waals surface area (Å²) in [5.41, 5.74) is 1.20. The van der Waals surface area contributed by atoms with Crippen LogP contribution in [-0.2, 0) is 4.79 Å². The van der Waals surface area contributed by atoms with Gasteiger partial charge in [0.15, 0.2) is 6.29 Å². The average Bonchev–Trinajstić information content (AvgIpc) is 2.19. The zero-order valence-electron chi connectivity index (χ0n) is 6.95. The minimum Gasteiger partial charge on any atom is -0.289 e. The zero-order valence-corrected chi connectivity index (χ0v) is 8.52. The molecule has 0 fully saturated rings. The van der Waals surface area contributed by atoms with Gasteiger partial charge in [0.2, 0.25) is 0 Å². The van der Waals surface area contributed by atoms with Crippen LogP contribution in [0.25, 0.3) is 0 Å². The number of halogens is 1. The summed E-state index contributed by atoms with van der Waals surface area (Å²) < 4.78 is 0. The van der Waals surface area contributed by atoms with E-state index in [1.54, 1.807) is 18.2 Å². The molecule has 0 atom stereocenters. The molecule has 0 spiro atoms. The van der Waals surface area contributed by atoms with Crippen molar-refractivity contribution in [2.45, 2.75) is 0 Å². The fourth-order valence-electron chi connectivity index (χ4n) is 0.837. The summed E-state index contributed by atoms with van der Waals surface area (Å²) in [6.45, 7) is 0. The Labute approximate surface area is 91.6 Å². The van der Waals surface area contributed by atoms with Gasteiger partial charge in [-0.2, -0.15) is 4.99 Å².